The molecule has 156 valence electrons. The summed E-state index contributed by atoms with van der Waals surface area (Å²) < 4.78 is 5.95. The molecule has 0 saturated carbocycles. The number of halogens is 1. The minimum Gasteiger partial charge on any atom is -0.450 e. The molecule has 0 N–H and O–H groups in total. The molecule has 7 heteroatoms. The Labute approximate surface area is 187 Å². The maximum atomic E-state index is 13.5. The van der Waals surface area contributed by atoms with Crippen molar-refractivity contribution in [2.75, 3.05) is 4.90 Å². The quantitative estimate of drug-likeness (QED) is 0.379. The fraction of sp³-hybridized carbons (Fsp3) is 0.208. The number of nitrogens with zero attached hydrogens (tertiary/aromatic N) is 2. The largest absolute Gasteiger partial charge is 0.450 e. The smallest absolute Gasteiger partial charge is 0.297 e. The molecular formula is C24H19ClN2O3S. The van der Waals surface area contributed by atoms with E-state index in [1.165, 1.54) is 16.9 Å². The number of carbonyl (C=O) groups excluding carboxylic acids is 1. The second-order valence-corrected chi connectivity index (χ2v) is 9.26. The zero-order chi connectivity index (χ0) is 21.9. The van der Waals surface area contributed by atoms with Crippen molar-refractivity contribution in [2.45, 2.75) is 32.7 Å². The summed E-state index contributed by atoms with van der Waals surface area (Å²) in [6.45, 7) is 6.12. The first-order valence-corrected chi connectivity index (χ1v) is 11.2. The molecule has 5 nitrogen and oxygen atoms in total. The number of hydrogen-bond acceptors (Lipinski definition) is 5. The lowest BCUT2D eigenvalue weighted by Gasteiger charge is -2.23. The maximum absolute atomic E-state index is 13.5. The summed E-state index contributed by atoms with van der Waals surface area (Å²) in [4.78, 5) is 33.1. The summed E-state index contributed by atoms with van der Waals surface area (Å²) >= 11 is 7.50. The van der Waals surface area contributed by atoms with E-state index in [1.54, 1.807) is 23.1 Å². The van der Waals surface area contributed by atoms with Crippen molar-refractivity contribution >= 4 is 44.9 Å². The summed E-state index contributed by atoms with van der Waals surface area (Å²) in [5, 5.41) is 3.22. The van der Waals surface area contributed by atoms with Gasteiger partial charge >= 0.3 is 0 Å². The predicted molar refractivity (Wildman–Crippen MR) is 124 cm³/mol. The van der Waals surface area contributed by atoms with Gasteiger partial charge in [0.05, 0.1) is 22.7 Å². The number of fused-ring (bicyclic) bond motifs is 2. The molecule has 1 aliphatic heterocycles. The highest BCUT2D eigenvalue weighted by molar-refractivity contribution is 7.14. The van der Waals surface area contributed by atoms with Crippen molar-refractivity contribution < 1.29 is 9.21 Å². The Morgan fingerprint density at radius 3 is 2.52 bits per heavy atom. The van der Waals surface area contributed by atoms with Gasteiger partial charge in [-0.05, 0) is 42.2 Å². The Hall–Kier alpha value is -2.96. The highest BCUT2D eigenvalue weighted by Gasteiger charge is 2.44. The van der Waals surface area contributed by atoms with Crippen LogP contribution >= 0.6 is 22.9 Å². The minimum atomic E-state index is -0.617. The molecule has 1 aliphatic rings. The summed E-state index contributed by atoms with van der Waals surface area (Å²) in [7, 11) is 0. The molecule has 31 heavy (non-hydrogen) atoms. The van der Waals surface area contributed by atoms with Gasteiger partial charge in [0.15, 0.2) is 10.6 Å². The molecule has 3 heterocycles. The van der Waals surface area contributed by atoms with Crippen LogP contribution in [0.1, 0.15) is 58.7 Å². The highest BCUT2D eigenvalue weighted by Crippen LogP contribution is 2.42. The molecule has 0 bridgehead atoms. The number of carbonyl (C=O) groups is 1. The van der Waals surface area contributed by atoms with E-state index < -0.39 is 6.04 Å². The van der Waals surface area contributed by atoms with E-state index in [2.05, 4.69) is 18.8 Å². The Morgan fingerprint density at radius 2 is 1.87 bits per heavy atom. The van der Waals surface area contributed by atoms with E-state index >= 15 is 0 Å². The van der Waals surface area contributed by atoms with E-state index in [0.29, 0.717) is 32.6 Å². The van der Waals surface area contributed by atoms with Gasteiger partial charge in [0, 0.05) is 10.4 Å². The molecule has 2 aromatic carbocycles. The third-order valence-corrected chi connectivity index (χ3v) is 6.76. The van der Waals surface area contributed by atoms with E-state index in [9.17, 15) is 9.59 Å². The van der Waals surface area contributed by atoms with Gasteiger partial charge in [-0.25, -0.2) is 4.98 Å². The topological polar surface area (TPSA) is 63.4 Å². The zero-order valence-electron chi connectivity index (χ0n) is 17.2. The highest BCUT2D eigenvalue weighted by atomic mass is 35.5. The second kappa shape index (κ2) is 7.32. The fourth-order valence-corrected chi connectivity index (χ4v) is 4.97. The van der Waals surface area contributed by atoms with Crippen LogP contribution in [-0.2, 0) is 0 Å². The van der Waals surface area contributed by atoms with Crippen LogP contribution in [0.15, 0.2) is 57.1 Å². The van der Waals surface area contributed by atoms with Crippen molar-refractivity contribution in [3.63, 3.8) is 0 Å². The standard InChI is InChI=1S/C24H19ClN2O3S/c1-12(2)14-4-6-15(7-5-14)20-19-21(28)17-10-16(25)8-9-18(17)30-22(19)23(29)27(20)24-26-13(3)11-31-24/h4-12,20H,1-3H3. The summed E-state index contributed by atoms with van der Waals surface area (Å²) in [6.07, 6.45) is 0. The molecular weight excluding hydrogens is 432 g/mol. The number of benzene rings is 2. The first-order valence-electron chi connectivity index (χ1n) is 9.97. The summed E-state index contributed by atoms with van der Waals surface area (Å²) in [5.74, 6) is 0.0715. The van der Waals surface area contributed by atoms with E-state index in [-0.39, 0.29) is 17.1 Å². The minimum absolute atomic E-state index is 0.0608. The molecule has 0 spiro atoms. The SMILES string of the molecule is Cc1csc(N2C(=O)c3oc4ccc(Cl)cc4c(=O)c3C2c2ccc(C(C)C)cc2)n1. The Kier molecular flexibility index (Phi) is 4.72. The lowest BCUT2D eigenvalue weighted by Crippen LogP contribution is -2.29. The summed E-state index contributed by atoms with van der Waals surface area (Å²) in [5.41, 5.74) is 3.24. The second-order valence-electron chi connectivity index (χ2n) is 7.98. The van der Waals surface area contributed by atoms with Gasteiger partial charge in [0.25, 0.3) is 5.91 Å². The molecule has 5 rings (SSSR count). The third kappa shape index (κ3) is 3.18. The molecule has 0 aliphatic carbocycles. The van der Waals surface area contributed by atoms with Crippen LogP contribution in [0.2, 0.25) is 5.02 Å². The van der Waals surface area contributed by atoms with Crippen LogP contribution in [0.4, 0.5) is 5.13 Å². The van der Waals surface area contributed by atoms with Gasteiger partial charge < -0.3 is 4.42 Å². The number of aromatic nitrogens is 1. The van der Waals surface area contributed by atoms with Gasteiger partial charge in [-0.15, -0.1) is 11.3 Å². The monoisotopic (exact) mass is 450 g/mol. The molecule has 0 radical (unpaired) electrons. The van der Waals surface area contributed by atoms with Crippen LogP contribution < -0.4 is 10.3 Å². The van der Waals surface area contributed by atoms with Gasteiger partial charge in [0.2, 0.25) is 5.76 Å². The predicted octanol–water partition coefficient (Wildman–Crippen LogP) is 6.08. The number of thiazole rings is 1. The number of rotatable bonds is 3. The van der Waals surface area contributed by atoms with Crippen LogP contribution in [0, 0.1) is 6.92 Å². The summed E-state index contributed by atoms with van der Waals surface area (Å²) in [6, 6.07) is 12.2. The number of amides is 1. The average molecular weight is 451 g/mol. The van der Waals surface area contributed by atoms with Crippen molar-refractivity contribution in [2.24, 2.45) is 0 Å². The van der Waals surface area contributed by atoms with Crippen LogP contribution in [0.3, 0.4) is 0 Å². The Bertz CT molecular complexity index is 1390. The number of anilines is 1. The zero-order valence-corrected chi connectivity index (χ0v) is 18.8. The molecule has 2 aromatic heterocycles. The Balaban J connectivity index is 1.78. The fourth-order valence-electron chi connectivity index (χ4n) is 3.97. The molecule has 1 amide bonds. The maximum Gasteiger partial charge on any atom is 0.297 e. The van der Waals surface area contributed by atoms with Gasteiger partial charge in [0.1, 0.15) is 5.58 Å². The van der Waals surface area contributed by atoms with Gasteiger partial charge in [-0.2, -0.15) is 0 Å². The third-order valence-electron chi connectivity index (χ3n) is 5.56. The van der Waals surface area contributed by atoms with Crippen molar-refractivity contribution in [1.29, 1.82) is 0 Å². The molecule has 4 aromatic rings. The van der Waals surface area contributed by atoms with Crippen molar-refractivity contribution in [1.82, 2.24) is 4.98 Å². The van der Waals surface area contributed by atoms with E-state index in [4.69, 9.17) is 16.0 Å². The van der Waals surface area contributed by atoms with Crippen molar-refractivity contribution in [3.05, 3.63) is 91.2 Å². The first kappa shape index (κ1) is 20.0. The van der Waals surface area contributed by atoms with Crippen LogP contribution in [0.25, 0.3) is 11.0 Å². The van der Waals surface area contributed by atoms with E-state index in [1.807, 2.05) is 36.6 Å². The van der Waals surface area contributed by atoms with Crippen LogP contribution in [-0.4, -0.2) is 10.9 Å². The number of aryl methyl sites for hydroxylation is 1. The number of hydrogen-bond donors (Lipinski definition) is 0. The van der Waals surface area contributed by atoms with Crippen molar-refractivity contribution in [3.8, 4) is 0 Å². The average Bonchev–Trinajstić information content (AvgIpc) is 3.30. The normalized spacial score (nSPS) is 15.8. The molecule has 1 atom stereocenters. The lowest BCUT2D eigenvalue weighted by atomic mass is 9.95. The van der Waals surface area contributed by atoms with Gasteiger partial charge in [-0.1, -0.05) is 49.7 Å². The Morgan fingerprint density at radius 1 is 1.13 bits per heavy atom. The van der Waals surface area contributed by atoms with E-state index in [0.717, 1.165) is 11.3 Å². The molecule has 1 unspecified atom stereocenters. The molecule has 0 fully saturated rings. The lowest BCUT2D eigenvalue weighted by molar-refractivity contribution is 0.0971. The van der Waals surface area contributed by atoms with Gasteiger partial charge in [-0.3, -0.25) is 14.5 Å². The first-order chi connectivity index (χ1) is 14.8. The van der Waals surface area contributed by atoms with Crippen LogP contribution in [0.5, 0.6) is 0 Å². The molecule has 0 saturated heterocycles.